The molecule has 29 heavy (non-hydrogen) atoms. The van der Waals surface area contributed by atoms with E-state index in [1.165, 1.54) is 18.0 Å². The lowest BCUT2D eigenvalue weighted by atomic mass is 10.1. The first kappa shape index (κ1) is 19.0. The maximum atomic E-state index is 13.2. The van der Waals surface area contributed by atoms with Gasteiger partial charge in [-0.3, -0.25) is 9.69 Å². The van der Waals surface area contributed by atoms with Crippen LogP contribution in [-0.4, -0.2) is 29.6 Å². The molecule has 1 atom stereocenters. The Labute approximate surface area is 172 Å². The van der Waals surface area contributed by atoms with Gasteiger partial charge in [0, 0.05) is 0 Å². The number of rotatable bonds is 6. The fraction of sp³-hybridized carbons (Fsp3) is 0.136. The molecule has 2 heterocycles. The Bertz CT molecular complexity index is 1020. The van der Waals surface area contributed by atoms with E-state index in [2.05, 4.69) is 10.2 Å². The molecule has 1 aliphatic rings. The van der Waals surface area contributed by atoms with Gasteiger partial charge >= 0.3 is 0 Å². The third-order valence-corrected chi connectivity index (χ3v) is 5.53. The van der Waals surface area contributed by atoms with E-state index in [0.717, 1.165) is 17.0 Å². The van der Waals surface area contributed by atoms with Crippen LogP contribution < -0.4 is 9.64 Å². The first-order valence-corrected chi connectivity index (χ1v) is 9.95. The predicted molar refractivity (Wildman–Crippen MR) is 116 cm³/mol. The Morgan fingerprint density at radius 3 is 2.59 bits per heavy atom. The first-order valence-electron chi connectivity index (χ1n) is 9.08. The third-order valence-electron chi connectivity index (χ3n) is 4.40. The van der Waals surface area contributed by atoms with E-state index < -0.39 is 0 Å². The number of carbonyl (C=O) groups excluding carboxylic acids is 1. The molecule has 0 spiro atoms. The SMILES string of the molecule is COc1ccc(C[C@H]2SC(=NN=Cc3ccco3)N(c3ccccc3)C2=O)cc1. The number of para-hydroxylation sites is 1. The number of thioether (sulfide) groups is 1. The molecule has 3 aromatic rings. The number of furan rings is 1. The molecular weight excluding hydrogens is 386 g/mol. The fourth-order valence-electron chi connectivity index (χ4n) is 2.96. The summed E-state index contributed by atoms with van der Waals surface area (Å²) in [4.78, 5) is 14.8. The highest BCUT2D eigenvalue weighted by molar-refractivity contribution is 8.16. The highest BCUT2D eigenvalue weighted by atomic mass is 32.2. The van der Waals surface area contributed by atoms with E-state index >= 15 is 0 Å². The van der Waals surface area contributed by atoms with Gasteiger partial charge in [0.15, 0.2) is 5.17 Å². The predicted octanol–water partition coefficient (Wildman–Crippen LogP) is 4.37. The van der Waals surface area contributed by atoms with Crippen LogP contribution in [0.5, 0.6) is 5.75 Å². The normalized spacial score (nSPS) is 18.1. The lowest BCUT2D eigenvalue weighted by Crippen LogP contribution is -2.32. The van der Waals surface area contributed by atoms with Crippen LogP contribution in [0, 0.1) is 0 Å². The second-order valence-electron chi connectivity index (χ2n) is 6.31. The van der Waals surface area contributed by atoms with Crippen LogP contribution in [0.15, 0.2) is 87.6 Å². The first-order chi connectivity index (χ1) is 14.2. The van der Waals surface area contributed by atoms with Gasteiger partial charge in [-0.15, -0.1) is 5.10 Å². The number of amides is 1. The molecule has 2 aromatic carbocycles. The van der Waals surface area contributed by atoms with Gasteiger partial charge in [0.2, 0.25) is 5.91 Å². The number of hydrogen-bond donors (Lipinski definition) is 0. The number of benzene rings is 2. The van der Waals surface area contributed by atoms with Gasteiger partial charge in [-0.25, -0.2) is 0 Å². The van der Waals surface area contributed by atoms with Crippen molar-refractivity contribution >= 4 is 34.7 Å². The molecule has 0 N–H and O–H groups in total. The number of carbonyl (C=O) groups is 1. The quantitative estimate of drug-likeness (QED) is 0.451. The van der Waals surface area contributed by atoms with Crippen LogP contribution in [0.4, 0.5) is 5.69 Å². The van der Waals surface area contributed by atoms with Gasteiger partial charge in [-0.1, -0.05) is 42.1 Å². The number of methoxy groups -OCH3 is 1. The molecule has 1 aliphatic heterocycles. The lowest BCUT2D eigenvalue weighted by molar-refractivity contribution is -0.116. The van der Waals surface area contributed by atoms with Crippen LogP contribution in [0.25, 0.3) is 0 Å². The summed E-state index contributed by atoms with van der Waals surface area (Å²) in [6.45, 7) is 0. The standard InChI is InChI=1S/C22H19N3O3S/c1-27-18-11-9-16(10-12-18)14-20-21(26)25(17-6-3-2-4-7-17)22(29-20)24-23-15-19-8-5-13-28-19/h2-13,15,20H,14H2,1H3/t20-/m1/s1. The number of amidine groups is 1. The summed E-state index contributed by atoms with van der Waals surface area (Å²) >= 11 is 1.41. The topological polar surface area (TPSA) is 67.4 Å². The van der Waals surface area contributed by atoms with Crippen molar-refractivity contribution in [3.63, 3.8) is 0 Å². The summed E-state index contributed by atoms with van der Waals surface area (Å²) in [5.41, 5.74) is 1.83. The largest absolute Gasteiger partial charge is 0.497 e. The highest BCUT2D eigenvalue weighted by Crippen LogP contribution is 2.34. The van der Waals surface area contributed by atoms with Gasteiger partial charge in [-0.05, 0) is 48.4 Å². The maximum absolute atomic E-state index is 13.2. The van der Waals surface area contributed by atoms with Crippen LogP contribution in [0.1, 0.15) is 11.3 Å². The molecule has 146 valence electrons. The molecule has 0 bridgehead atoms. The molecule has 0 aliphatic carbocycles. The Hall–Kier alpha value is -3.32. The summed E-state index contributed by atoms with van der Waals surface area (Å²) in [6.07, 6.45) is 3.69. The van der Waals surface area contributed by atoms with Crippen LogP contribution in [0.2, 0.25) is 0 Å². The van der Waals surface area contributed by atoms with E-state index in [1.54, 1.807) is 30.4 Å². The van der Waals surface area contributed by atoms with Crippen molar-refractivity contribution in [2.45, 2.75) is 11.7 Å². The zero-order chi connectivity index (χ0) is 20.1. The summed E-state index contributed by atoms with van der Waals surface area (Å²) in [5, 5.41) is 8.68. The van der Waals surface area contributed by atoms with Crippen molar-refractivity contribution in [2.24, 2.45) is 10.2 Å². The minimum absolute atomic E-state index is 0.0102. The van der Waals surface area contributed by atoms with Gasteiger partial charge in [0.25, 0.3) is 0 Å². The molecule has 1 saturated heterocycles. The molecule has 1 amide bonds. The van der Waals surface area contributed by atoms with Crippen LogP contribution >= 0.6 is 11.8 Å². The lowest BCUT2D eigenvalue weighted by Gasteiger charge is -2.15. The van der Waals surface area contributed by atoms with E-state index in [4.69, 9.17) is 9.15 Å². The van der Waals surface area contributed by atoms with E-state index in [1.807, 2.05) is 54.6 Å². The van der Waals surface area contributed by atoms with Crippen molar-refractivity contribution < 1.29 is 13.9 Å². The third kappa shape index (κ3) is 4.41. The Balaban J connectivity index is 1.58. The number of nitrogens with zero attached hydrogens (tertiary/aromatic N) is 3. The second kappa shape index (κ2) is 8.79. The summed E-state index contributed by atoms with van der Waals surface area (Å²) < 4.78 is 10.4. The minimum atomic E-state index is -0.277. The average Bonchev–Trinajstić information content (AvgIpc) is 3.38. The van der Waals surface area contributed by atoms with Crippen molar-refractivity contribution in [3.05, 3.63) is 84.3 Å². The average molecular weight is 405 g/mol. The highest BCUT2D eigenvalue weighted by Gasteiger charge is 2.39. The molecule has 0 unspecified atom stereocenters. The molecule has 7 heteroatoms. The summed E-state index contributed by atoms with van der Waals surface area (Å²) in [7, 11) is 1.63. The monoisotopic (exact) mass is 405 g/mol. The zero-order valence-corrected chi connectivity index (χ0v) is 16.6. The zero-order valence-electron chi connectivity index (χ0n) is 15.8. The molecule has 0 saturated carbocycles. The Morgan fingerprint density at radius 2 is 1.90 bits per heavy atom. The molecule has 1 aromatic heterocycles. The molecule has 0 radical (unpaired) electrons. The van der Waals surface area contributed by atoms with Gasteiger partial charge < -0.3 is 9.15 Å². The summed E-state index contributed by atoms with van der Waals surface area (Å²) in [6, 6.07) is 20.8. The molecule has 6 nitrogen and oxygen atoms in total. The summed E-state index contributed by atoms with van der Waals surface area (Å²) in [5.74, 6) is 1.38. The Kier molecular flexibility index (Phi) is 5.76. The number of ether oxygens (including phenoxy) is 1. The number of anilines is 1. The van der Waals surface area contributed by atoms with Crippen molar-refractivity contribution in [2.75, 3.05) is 12.0 Å². The minimum Gasteiger partial charge on any atom is -0.497 e. The fourth-order valence-corrected chi connectivity index (χ4v) is 4.09. The number of hydrogen-bond acceptors (Lipinski definition) is 6. The van der Waals surface area contributed by atoms with Crippen LogP contribution in [-0.2, 0) is 11.2 Å². The molecule has 1 fully saturated rings. The van der Waals surface area contributed by atoms with Crippen molar-refractivity contribution in [1.82, 2.24) is 0 Å². The van der Waals surface area contributed by atoms with E-state index in [-0.39, 0.29) is 11.2 Å². The van der Waals surface area contributed by atoms with Gasteiger partial charge in [0.1, 0.15) is 11.5 Å². The van der Waals surface area contributed by atoms with Gasteiger partial charge in [0.05, 0.1) is 30.5 Å². The van der Waals surface area contributed by atoms with E-state index in [9.17, 15) is 4.79 Å². The van der Waals surface area contributed by atoms with Crippen molar-refractivity contribution in [3.8, 4) is 5.75 Å². The smallest absolute Gasteiger partial charge is 0.247 e. The maximum Gasteiger partial charge on any atom is 0.247 e. The second-order valence-corrected chi connectivity index (χ2v) is 7.48. The van der Waals surface area contributed by atoms with Crippen molar-refractivity contribution in [1.29, 1.82) is 0 Å². The molecular formula is C22H19N3O3S. The van der Waals surface area contributed by atoms with E-state index in [0.29, 0.717) is 17.3 Å². The Morgan fingerprint density at radius 1 is 1.10 bits per heavy atom. The van der Waals surface area contributed by atoms with Crippen LogP contribution in [0.3, 0.4) is 0 Å². The molecule has 4 rings (SSSR count). The van der Waals surface area contributed by atoms with Gasteiger partial charge in [-0.2, -0.15) is 5.10 Å².